The molecule has 0 amide bonds. The number of nitrogens with zero attached hydrogens (tertiary/aromatic N) is 1. The van der Waals surface area contributed by atoms with E-state index in [1.165, 1.54) is 37.7 Å². The van der Waals surface area contributed by atoms with E-state index in [4.69, 9.17) is 0 Å². The van der Waals surface area contributed by atoms with Crippen LogP contribution in [0.2, 0.25) is 0 Å². The van der Waals surface area contributed by atoms with Gasteiger partial charge in [0.15, 0.2) is 0 Å². The van der Waals surface area contributed by atoms with Crippen LogP contribution in [0, 0.1) is 11.3 Å². The molecule has 20 heavy (non-hydrogen) atoms. The molecule has 0 radical (unpaired) electrons. The Morgan fingerprint density at radius 1 is 1.25 bits per heavy atom. The zero-order valence-corrected chi connectivity index (χ0v) is 14.4. The third kappa shape index (κ3) is 4.85. The highest BCUT2D eigenvalue weighted by Gasteiger charge is 2.32. The van der Waals surface area contributed by atoms with Crippen molar-refractivity contribution in [1.82, 2.24) is 10.3 Å². The number of rotatable bonds is 6. The van der Waals surface area contributed by atoms with Gasteiger partial charge in [-0.05, 0) is 64.7 Å². The molecular weight excluding hydrogens is 312 g/mol. The zero-order valence-electron chi connectivity index (χ0n) is 12.8. The standard InChI is InChI=1S/C17H27BrN2/c1-14(2)10-20-13-17(6-4-3-5-7-17)9-15-8-16(18)12-19-11-15/h8,11-12,14,20H,3-7,9-10,13H2,1-2H3. The van der Waals surface area contributed by atoms with Crippen LogP contribution in [0.4, 0.5) is 0 Å². The molecule has 112 valence electrons. The Labute approximate surface area is 131 Å². The van der Waals surface area contributed by atoms with Crippen molar-refractivity contribution in [2.75, 3.05) is 13.1 Å². The number of hydrogen-bond acceptors (Lipinski definition) is 2. The van der Waals surface area contributed by atoms with Crippen LogP contribution in [0.5, 0.6) is 0 Å². The molecule has 1 saturated carbocycles. The number of nitrogens with one attached hydrogen (secondary N) is 1. The second-order valence-electron chi connectivity index (χ2n) is 6.77. The van der Waals surface area contributed by atoms with Crippen LogP contribution in [0.1, 0.15) is 51.5 Å². The van der Waals surface area contributed by atoms with Crippen LogP contribution in [0.15, 0.2) is 22.9 Å². The van der Waals surface area contributed by atoms with Gasteiger partial charge in [0.25, 0.3) is 0 Å². The van der Waals surface area contributed by atoms with Crippen molar-refractivity contribution in [3.63, 3.8) is 0 Å². The summed E-state index contributed by atoms with van der Waals surface area (Å²) in [7, 11) is 0. The first-order valence-corrected chi connectivity index (χ1v) is 8.69. The SMILES string of the molecule is CC(C)CNCC1(Cc2cncc(Br)c2)CCCCC1. The fraction of sp³-hybridized carbons (Fsp3) is 0.706. The quantitative estimate of drug-likeness (QED) is 0.820. The predicted octanol–water partition coefficient (Wildman–Crippen LogP) is 4.58. The minimum atomic E-state index is 0.440. The van der Waals surface area contributed by atoms with Gasteiger partial charge in [0.05, 0.1) is 0 Å². The highest BCUT2D eigenvalue weighted by molar-refractivity contribution is 9.10. The summed E-state index contributed by atoms with van der Waals surface area (Å²) in [6.07, 6.45) is 11.9. The average Bonchev–Trinajstić information content (AvgIpc) is 2.39. The van der Waals surface area contributed by atoms with E-state index < -0.39 is 0 Å². The molecule has 1 aliphatic rings. The molecule has 1 aromatic rings. The molecule has 1 aromatic heterocycles. The minimum Gasteiger partial charge on any atom is -0.316 e. The lowest BCUT2D eigenvalue weighted by atomic mass is 9.70. The Kier molecular flexibility index (Phi) is 6.03. The molecule has 0 unspecified atom stereocenters. The van der Waals surface area contributed by atoms with Crippen molar-refractivity contribution < 1.29 is 0 Å². The Balaban J connectivity index is 2.02. The molecule has 0 aromatic carbocycles. The normalized spacial score (nSPS) is 18.4. The van der Waals surface area contributed by atoms with Crippen molar-refractivity contribution in [1.29, 1.82) is 0 Å². The number of pyridine rings is 1. The lowest BCUT2D eigenvalue weighted by Crippen LogP contribution is -2.39. The van der Waals surface area contributed by atoms with E-state index >= 15 is 0 Å². The van der Waals surface area contributed by atoms with Crippen LogP contribution < -0.4 is 5.32 Å². The third-order valence-corrected chi connectivity index (χ3v) is 4.74. The van der Waals surface area contributed by atoms with E-state index in [1.807, 2.05) is 12.4 Å². The lowest BCUT2D eigenvalue weighted by Gasteiger charge is -2.38. The van der Waals surface area contributed by atoms with Crippen LogP contribution in [-0.4, -0.2) is 18.1 Å². The van der Waals surface area contributed by atoms with Crippen molar-refractivity contribution in [2.24, 2.45) is 11.3 Å². The monoisotopic (exact) mass is 338 g/mol. The molecule has 1 N–H and O–H groups in total. The molecule has 0 atom stereocenters. The Bertz CT molecular complexity index is 411. The van der Waals surface area contributed by atoms with E-state index in [0.29, 0.717) is 5.41 Å². The van der Waals surface area contributed by atoms with E-state index in [2.05, 4.69) is 46.1 Å². The van der Waals surface area contributed by atoms with Crippen molar-refractivity contribution in [2.45, 2.75) is 52.4 Å². The molecule has 1 aliphatic carbocycles. The van der Waals surface area contributed by atoms with E-state index in [-0.39, 0.29) is 0 Å². The summed E-state index contributed by atoms with van der Waals surface area (Å²) in [5.74, 6) is 0.725. The largest absolute Gasteiger partial charge is 0.316 e. The summed E-state index contributed by atoms with van der Waals surface area (Å²) in [6, 6.07) is 2.23. The van der Waals surface area contributed by atoms with Crippen molar-refractivity contribution >= 4 is 15.9 Å². The van der Waals surface area contributed by atoms with Gasteiger partial charge in [-0.25, -0.2) is 0 Å². The molecule has 3 heteroatoms. The summed E-state index contributed by atoms with van der Waals surface area (Å²) in [4.78, 5) is 4.32. The lowest BCUT2D eigenvalue weighted by molar-refractivity contribution is 0.179. The number of hydrogen-bond donors (Lipinski definition) is 1. The van der Waals surface area contributed by atoms with Crippen LogP contribution in [0.25, 0.3) is 0 Å². The smallest absolute Gasteiger partial charge is 0.0410 e. The Morgan fingerprint density at radius 3 is 2.65 bits per heavy atom. The third-order valence-electron chi connectivity index (χ3n) is 4.31. The average molecular weight is 339 g/mol. The van der Waals surface area contributed by atoms with Crippen molar-refractivity contribution in [3.8, 4) is 0 Å². The van der Waals surface area contributed by atoms with Gasteiger partial charge in [-0.1, -0.05) is 33.1 Å². The van der Waals surface area contributed by atoms with Gasteiger partial charge in [-0.15, -0.1) is 0 Å². The maximum atomic E-state index is 4.32. The molecule has 1 heterocycles. The number of aromatic nitrogens is 1. The molecule has 1 fully saturated rings. The first-order valence-electron chi connectivity index (χ1n) is 7.90. The molecule has 0 bridgehead atoms. The van der Waals surface area contributed by atoms with Gasteiger partial charge in [-0.3, -0.25) is 4.98 Å². The summed E-state index contributed by atoms with van der Waals surface area (Å²) in [5.41, 5.74) is 1.81. The fourth-order valence-electron chi connectivity index (χ4n) is 3.33. The second kappa shape index (κ2) is 7.56. The molecule has 2 rings (SSSR count). The highest BCUT2D eigenvalue weighted by atomic mass is 79.9. The highest BCUT2D eigenvalue weighted by Crippen LogP contribution is 2.39. The maximum absolute atomic E-state index is 4.32. The van der Waals surface area contributed by atoms with Gasteiger partial charge < -0.3 is 5.32 Å². The van der Waals surface area contributed by atoms with Crippen molar-refractivity contribution in [3.05, 3.63) is 28.5 Å². The van der Waals surface area contributed by atoms with Crippen LogP contribution >= 0.6 is 15.9 Å². The van der Waals surface area contributed by atoms with Gasteiger partial charge in [0.2, 0.25) is 0 Å². The van der Waals surface area contributed by atoms with E-state index in [1.54, 1.807) is 0 Å². The summed E-state index contributed by atoms with van der Waals surface area (Å²) >= 11 is 3.54. The van der Waals surface area contributed by atoms with Crippen LogP contribution in [-0.2, 0) is 6.42 Å². The zero-order chi connectivity index (χ0) is 14.4. The topological polar surface area (TPSA) is 24.9 Å². The maximum Gasteiger partial charge on any atom is 0.0410 e. The van der Waals surface area contributed by atoms with Gasteiger partial charge >= 0.3 is 0 Å². The predicted molar refractivity (Wildman–Crippen MR) is 88.9 cm³/mol. The minimum absolute atomic E-state index is 0.440. The fourth-order valence-corrected chi connectivity index (χ4v) is 3.74. The van der Waals surface area contributed by atoms with Gasteiger partial charge in [0, 0.05) is 23.4 Å². The molecular formula is C17H27BrN2. The van der Waals surface area contributed by atoms with Crippen LogP contribution in [0.3, 0.4) is 0 Å². The first kappa shape index (κ1) is 16.0. The van der Waals surface area contributed by atoms with E-state index in [9.17, 15) is 0 Å². The summed E-state index contributed by atoms with van der Waals surface area (Å²) < 4.78 is 1.09. The molecule has 0 aliphatic heterocycles. The summed E-state index contributed by atoms with van der Waals surface area (Å²) in [5, 5.41) is 3.70. The molecule has 0 saturated heterocycles. The molecule has 0 spiro atoms. The Hall–Kier alpha value is -0.410. The van der Waals surface area contributed by atoms with Gasteiger partial charge in [-0.2, -0.15) is 0 Å². The van der Waals surface area contributed by atoms with E-state index in [0.717, 1.165) is 29.9 Å². The molecule has 2 nitrogen and oxygen atoms in total. The second-order valence-corrected chi connectivity index (χ2v) is 7.69. The number of halogens is 1. The first-order chi connectivity index (χ1) is 9.60. The summed E-state index contributed by atoms with van der Waals surface area (Å²) in [6.45, 7) is 6.83. The Morgan fingerprint density at radius 2 is 2.00 bits per heavy atom. The van der Waals surface area contributed by atoms with Gasteiger partial charge in [0.1, 0.15) is 0 Å².